The van der Waals surface area contributed by atoms with Gasteiger partial charge in [0, 0.05) is 11.1 Å². The van der Waals surface area contributed by atoms with E-state index in [9.17, 15) is 20.1 Å². The molecule has 146 valence electrons. The molecule has 1 aliphatic rings. The van der Waals surface area contributed by atoms with Gasteiger partial charge in [-0.3, -0.25) is 4.79 Å². The Morgan fingerprint density at radius 3 is 1.88 bits per heavy atom. The first-order chi connectivity index (χ1) is 12.1. The minimum Gasteiger partial charge on any atom is -0.508 e. The predicted octanol–water partition coefficient (Wildman–Crippen LogP) is 5.43. The van der Waals surface area contributed by atoms with Crippen molar-refractivity contribution >= 4 is 5.97 Å². The highest BCUT2D eigenvalue weighted by Crippen LogP contribution is 2.50. The van der Waals surface area contributed by atoms with Crippen LogP contribution in [0.3, 0.4) is 0 Å². The second-order valence-electron chi connectivity index (χ2n) is 9.12. The molecule has 0 saturated heterocycles. The normalized spacial score (nSPS) is 15.8. The zero-order valence-corrected chi connectivity index (χ0v) is 16.5. The van der Waals surface area contributed by atoms with E-state index in [2.05, 4.69) is 20.8 Å². The summed E-state index contributed by atoms with van der Waals surface area (Å²) < 4.78 is 0. The van der Waals surface area contributed by atoms with E-state index in [0.717, 1.165) is 62.5 Å². The third-order valence-electron chi connectivity index (χ3n) is 5.62. The van der Waals surface area contributed by atoms with Gasteiger partial charge in [0.15, 0.2) is 0 Å². The molecule has 3 N–H and O–H groups in total. The topological polar surface area (TPSA) is 77.8 Å². The van der Waals surface area contributed by atoms with Crippen LogP contribution in [0.4, 0.5) is 0 Å². The van der Waals surface area contributed by atoms with Crippen molar-refractivity contribution in [2.75, 3.05) is 0 Å². The van der Waals surface area contributed by atoms with Crippen LogP contribution in [-0.4, -0.2) is 21.3 Å². The van der Waals surface area contributed by atoms with Crippen LogP contribution in [0.2, 0.25) is 0 Å². The highest BCUT2D eigenvalue weighted by Gasteiger charge is 2.49. The molecule has 0 unspecified atom stereocenters. The maximum absolute atomic E-state index is 11.2. The molecule has 0 heterocycles. The molecule has 1 fully saturated rings. The Bertz CT molecular complexity index is 624. The van der Waals surface area contributed by atoms with Gasteiger partial charge in [0.2, 0.25) is 0 Å². The van der Waals surface area contributed by atoms with E-state index in [1.54, 1.807) is 12.1 Å². The molecule has 0 amide bonds. The Morgan fingerprint density at radius 1 is 0.962 bits per heavy atom. The van der Waals surface area contributed by atoms with E-state index in [0.29, 0.717) is 18.3 Å². The molecule has 0 spiro atoms. The summed E-state index contributed by atoms with van der Waals surface area (Å²) in [5.41, 5.74) is 1.53. The number of aliphatic carboxylic acids is 1. The van der Waals surface area contributed by atoms with Gasteiger partial charge in [-0.2, -0.15) is 0 Å². The molecular weight excluding hydrogens is 328 g/mol. The van der Waals surface area contributed by atoms with Gasteiger partial charge in [0.1, 0.15) is 11.5 Å². The fourth-order valence-corrected chi connectivity index (χ4v) is 3.67. The van der Waals surface area contributed by atoms with Gasteiger partial charge in [-0.1, -0.05) is 33.6 Å². The molecule has 0 radical (unpaired) electrons. The van der Waals surface area contributed by atoms with Crippen LogP contribution in [0.15, 0.2) is 12.1 Å². The number of rotatable bonds is 10. The minimum atomic E-state index is -0.669. The number of benzene rings is 1. The Balaban J connectivity index is 1.90. The third kappa shape index (κ3) is 5.65. The Labute approximate surface area is 157 Å². The van der Waals surface area contributed by atoms with Crippen molar-refractivity contribution in [1.29, 1.82) is 0 Å². The van der Waals surface area contributed by atoms with E-state index in [1.807, 2.05) is 0 Å². The van der Waals surface area contributed by atoms with Crippen molar-refractivity contribution in [2.45, 2.75) is 85.0 Å². The van der Waals surface area contributed by atoms with Crippen LogP contribution in [0, 0.1) is 10.8 Å². The van der Waals surface area contributed by atoms with Gasteiger partial charge in [-0.15, -0.1) is 0 Å². The number of aromatic hydroxyl groups is 2. The standard InChI is InChI=1S/C22H34O4/c1-21(2,3)12-6-4-8-16-17(19(24)11-10-18(16)23)9-5-7-13-22(14-15-22)20(25)26/h10-11,23-24H,4-9,12-15H2,1-3H3,(H,25,26). The SMILES string of the molecule is CC(C)(C)CCCCc1c(O)ccc(O)c1CCCCC1(C(=O)O)CC1. The van der Waals surface area contributed by atoms with Crippen LogP contribution < -0.4 is 0 Å². The fraction of sp³-hybridized carbons (Fsp3) is 0.682. The lowest BCUT2D eigenvalue weighted by Crippen LogP contribution is -2.14. The number of hydrogen-bond acceptors (Lipinski definition) is 3. The molecule has 0 bridgehead atoms. The molecule has 2 rings (SSSR count). The van der Waals surface area contributed by atoms with Gasteiger partial charge in [-0.05, 0) is 68.9 Å². The van der Waals surface area contributed by atoms with Crippen molar-refractivity contribution in [2.24, 2.45) is 10.8 Å². The first-order valence-corrected chi connectivity index (χ1v) is 9.91. The summed E-state index contributed by atoms with van der Waals surface area (Å²) in [7, 11) is 0. The Morgan fingerprint density at radius 2 is 1.46 bits per heavy atom. The van der Waals surface area contributed by atoms with Gasteiger partial charge in [0.05, 0.1) is 5.41 Å². The number of carboxylic acids is 1. The Kier molecular flexibility index (Phi) is 6.59. The van der Waals surface area contributed by atoms with E-state index in [-0.39, 0.29) is 11.5 Å². The van der Waals surface area contributed by atoms with Crippen LogP contribution >= 0.6 is 0 Å². The number of phenolic OH excluding ortho intramolecular Hbond substituents is 2. The second-order valence-corrected chi connectivity index (χ2v) is 9.12. The van der Waals surface area contributed by atoms with E-state index < -0.39 is 11.4 Å². The summed E-state index contributed by atoms with van der Waals surface area (Å²) in [5, 5.41) is 29.8. The minimum absolute atomic E-state index is 0.244. The molecule has 1 aromatic rings. The van der Waals surface area contributed by atoms with Gasteiger partial charge in [-0.25, -0.2) is 0 Å². The van der Waals surface area contributed by atoms with E-state index in [4.69, 9.17) is 0 Å². The van der Waals surface area contributed by atoms with Crippen molar-refractivity contribution < 1.29 is 20.1 Å². The summed E-state index contributed by atoms with van der Waals surface area (Å²) in [6.45, 7) is 6.69. The number of hydrogen-bond donors (Lipinski definition) is 3. The zero-order valence-electron chi connectivity index (χ0n) is 16.5. The predicted molar refractivity (Wildman–Crippen MR) is 104 cm³/mol. The molecule has 26 heavy (non-hydrogen) atoms. The molecule has 0 atom stereocenters. The monoisotopic (exact) mass is 362 g/mol. The molecule has 4 nitrogen and oxygen atoms in total. The number of phenols is 2. The van der Waals surface area contributed by atoms with E-state index in [1.165, 1.54) is 0 Å². The first kappa shape index (κ1) is 20.6. The van der Waals surface area contributed by atoms with Gasteiger partial charge in [0.25, 0.3) is 0 Å². The molecule has 4 heteroatoms. The maximum atomic E-state index is 11.2. The summed E-state index contributed by atoms with van der Waals surface area (Å²) in [6, 6.07) is 3.13. The third-order valence-corrected chi connectivity index (χ3v) is 5.62. The van der Waals surface area contributed by atoms with Crippen molar-refractivity contribution in [3.8, 4) is 11.5 Å². The first-order valence-electron chi connectivity index (χ1n) is 9.91. The van der Waals surface area contributed by atoms with Crippen LogP contribution in [0.1, 0.15) is 83.3 Å². The van der Waals surface area contributed by atoms with Crippen molar-refractivity contribution in [3.63, 3.8) is 0 Å². The molecule has 1 saturated carbocycles. The number of carboxylic acid groups (broad SMARTS) is 1. The maximum Gasteiger partial charge on any atom is 0.309 e. The molecule has 1 aromatic carbocycles. The van der Waals surface area contributed by atoms with Crippen molar-refractivity contribution in [1.82, 2.24) is 0 Å². The lowest BCUT2D eigenvalue weighted by molar-refractivity contribution is -0.143. The molecular formula is C22H34O4. The smallest absolute Gasteiger partial charge is 0.309 e. The molecule has 0 aromatic heterocycles. The van der Waals surface area contributed by atoms with Gasteiger partial charge < -0.3 is 15.3 Å². The number of carbonyl (C=O) groups is 1. The summed E-state index contributed by atoms with van der Waals surface area (Å²) in [6.07, 6.45) is 8.64. The van der Waals surface area contributed by atoms with E-state index >= 15 is 0 Å². The van der Waals surface area contributed by atoms with Crippen LogP contribution in [0.5, 0.6) is 11.5 Å². The Hall–Kier alpha value is -1.71. The number of unbranched alkanes of at least 4 members (excludes halogenated alkanes) is 2. The molecule has 0 aliphatic heterocycles. The lowest BCUT2D eigenvalue weighted by atomic mass is 9.88. The summed E-state index contributed by atoms with van der Waals surface area (Å²) in [5.74, 6) is -0.164. The second kappa shape index (κ2) is 8.32. The summed E-state index contributed by atoms with van der Waals surface area (Å²) >= 11 is 0. The van der Waals surface area contributed by atoms with Crippen molar-refractivity contribution in [3.05, 3.63) is 23.3 Å². The fourth-order valence-electron chi connectivity index (χ4n) is 3.67. The zero-order chi connectivity index (χ0) is 19.4. The highest BCUT2D eigenvalue weighted by molar-refractivity contribution is 5.77. The summed E-state index contributed by atoms with van der Waals surface area (Å²) in [4.78, 5) is 11.2. The highest BCUT2D eigenvalue weighted by atomic mass is 16.4. The van der Waals surface area contributed by atoms with Crippen LogP contribution in [-0.2, 0) is 17.6 Å². The average Bonchev–Trinajstić information content (AvgIpc) is 3.33. The average molecular weight is 363 g/mol. The van der Waals surface area contributed by atoms with Crippen LogP contribution in [0.25, 0.3) is 0 Å². The lowest BCUT2D eigenvalue weighted by Gasteiger charge is -2.18. The molecule has 1 aliphatic carbocycles. The largest absolute Gasteiger partial charge is 0.508 e. The van der Waals surface area contributed by atoms with Gasteiger partial charge >= 0.3 is 5.97 Å². The quantitative estimate of drug-likeness (QED) is 0.383.